The van der Waals surface area contributed by atoms with Crippen LogP contribution >= 0.6 is 11.6 Å². The van der Waals surface area contributed by atoms with Gasteiger partial charge in [0.15, 0.2) is 0 Å². The summed E-state index contributed by atoms with van der Waals surface area (Å²) in [6.45, 7) is -0.135. The summed E-state index contributed by atoms with van der Waals surface area (Å²) in [7, 11) is 1.55. The van der Waals surface area contributed by atoms with E-state index in [0.717, 1.165) is 18.4 Å². The van der Waals surface area contributed by atoms with E-state index in [1.807, 2.05) is 24.3 Å². The van der Waals surface area contributed by atoms with E-state index in [1.54, 1.807) is 25.3 Å². The highest BCUT2D eigenvalue weighted by Gasteiger charge is 2.07. The maximum Gasteiger partial charge on any atom is 0.224 e. The first-order valence-electron chi connectivity index (χ1n) is 7.44. The Hall–Kier alpha value is -2.04. The second kappa shape index (κ2) is 8.56. The Morgan fingerprint density at radius 2 is 1.96 bits per heavy atom. The van der Waals surface area contributed by atoms with E-state index in [2.05, 4.69) is 5.32 Å². The molecule has 2 aromatic rings. The molecule has 23 heavy (non-hydrogen) atoms. The SMILES string of the molecule is COc1ccc(NC(=O)CCCc2ccc(Cl)cc2)cc1CO. The number of methoxy groups -OCH3 is 1. The molecular formula is C18H20ClNO3. The number of hydrogen-bond acceptors (Lipinski definition) is 3. The lowest BCUT2D eigenvalue weighted by molar-refractivity contribution is -0.116. The minimum absolute atomic E-state index is 0.0481. The summed E-state index contributed by atoms with van der Waals surface area (Å²) in [5.74, 6) is 0.557. The zero-order valence-corrected chi connectivity index (χ0v) is 13.8. The molecule has 0 fully saturated rings. The van der Waals surface area contributed by atoms with Crippen molar-refractivity contribution in [3.05, 3.63) is 58.6 Å². The fourth-order valence-electron chi connectivity index (χ4n) is 2.31. The molecule has 0 aliphatic rings. The number of carbonyl (C=O) groups is 1. The number of amides is 1. The van der Waals surface area contributed by atoms with E-state index in [0.29, 0.717) is 28.4 Å². The molecule has 4 nitrogen and oxygen atoms in total. The van der Waals surface area contributed by atoms with Crippen molar-refractivity contribution < 1.29 is 14.6 Å². The van der Waals surface area contributed by atoms with E-state index < -0.39 is 0 Å². The van der Waals surface area contributed by atoms with Gasteiger partial charge >= 0.3 is 0 Å². The standard InChI is InChI=1S/C18H20ClNO3/c1-23-17-10-9-16(11-14(17)12-21)20-18(22)4-2-3-13-5-7-15(19)8-6-13/h5-11,21H,2-4,12H2,1H3,(H,20,22). The third-order valence-electron chi connectivity index (χ3n) is 3.52. The monoisotopic (exact) mass is 333 g/mol. The highest BCUT2D eigenvalue weighted by Crippen LogP contribution is 2.22. The molecule has 0 spiro atoms. The predicted octanol–water partition coefficient (Wildman–Crippen LogP) is 3.80. The molecule has 2 aromatic carbocycles. The predicted molar refractivity (Wildman–Crippen MR) is 91.9 cm³/mol. The topological polar surface area (TPSA) is 58.6 Å². The van der Waals surface area contributed by atoms with Crippen molar-refractivity contribution in [1.82, 2.24) is 0 Å². The van der Waals surface area contributed by atoms with Gasteiger partial charge in [0.05, 0.1) is 13.7 Å². The van der Waals surface area contributed by atoms with Crippen molar-refractivity contribution >= 4 is 23.2 Å². The average molecular weight is 334 g/mol. The van der Waals surface area contributed by atoms with Gasteiger partial charge in [-0.2, -0.15) is 0 Å². The van der Waals surface area contributed by atoms with Crippen LogP contribution in [0.5, 0.6) is 5.75 Å². The van der Waals surface area contributed by atoms with E-state index in [9.17, 15) is 9.90 Å². The number of aliphatic hydroxyl groups excluding tert-OH is 1. The molecule has 0 saturated carbocycles. The molecule has 0 aromatic heterocycles. The van der Waals surface area contributed by atoms with Crippen LogP contribution in [-0.4, -0.2) is 18.1 Å². The number of ether oxygens (including phenoxy) is 1. The highest BCUT2D eigenvalue weighted by atomic mass is 35.5. The molecule has 0 unspecified atom stereocenters. The Morgan fingerprint density at radius 3 is 2.61 bits per heavy atom. The van der Waals surface area contributed by atoms with Crippen LogP contribution < -0.4 is 10.1 Å². The van der Waals surface area contributed by atoms with Gasteiger partial charge < -0.3 is 15.2 Å². The minimum Gasteiger partial charge on any atom is -0.496 e. The van der Waals surface area contributed by atoms with Crippen LogP contribution in [0.3, 0.4) is 0 Å². The third-order valence-corrected chi connectivity index (χ3v) is 3.77. The summed E-state index contributed by atoms with van der Waals surface area (Å²) in [5, 5.41) is 12.8. The van der Waals surface area contributed by atoms with Gasteiger partial charge in [-0.05, 0) is 48.7 Å². The third kappa shape index (κ3) is 5.27. The number of rotatable bonds is 7. The van der Waals surface area contributed by atoms with Gasteiger partial charge in [0, 0.05) is 22.7 Å². The van der Waals surface area contributed by atoms with Gasteiger partial charge in [0.25, 0.3) is 0 Å². The Morgan fingerprint density at radius 1 is 1.22 bits per heavy atom. The van der Waals surface area contributed by atoms with E-state index in [-0.39, 0.29) is 12.5 Å². The van der Waals surface area contributed by atoms with Gasteiger partial charge in [-0.3, -0.25) is 4.79 Å². The summed E-state index contributed by atoms with van der Waals surface area (Å²) < 4.78 is 5.14. The fourth-order valence-corrected chi connectivity index (χ4v) is 2.43. The van der Waals surface area contributed by atoms with Crippen LogP contribution in [0.1, 0.15) is 24.0 Å². The van der Waals surface area contributed by atoms with E-state index in [1.165, 1.54) is 0 Å². The molecule has 0 aliphatic heterocycles. The average Bonchev–Trinajstić information content (AvgIpc) is 2.56. The van der Waals surface area contributed by atoms with Crippen LogP contribution in [0.15, 0.2) is 42.5 Å². The summed E-state index contributed by atoms with van der Waals surface area (Å²) in [6.07, 6.45) is 2.02. The molecule has 2 N–H and O–H groups in total. The molecule has 0 radical (unpaired) electrons. The minimum atomic E-state index is -0.135. The van der Waals surface area contributed by atoms with Crippen LogP contribution in [0.4, 0.5) is 5.69 Å². The number of anilines is 1. The smallest absolute Gasteiger partial charge is 0.224 e. The Balaban J connectivity index is 1.83. The second-order valence-electron chi connectivity index (χ2n) is 5.21. The first-order chi connectivity index (χ1) is 11.1. The molecular weight excluding hydrogens is 314 g/mol. The molecule has 5 heteroatoms. The quantitative estimate of drug-likeness (QED) is 0.810. The summed E-state index contributed by atoms with van der Waals surface area (Å²) in [4.78, 5) is 12.0. The van der Waals surface area contributed by atoms with Crippen molar-refractivity contribution in [1.29, 1.82) is 0 Å². The van der Waals surface area contributed by atoms with E-state index >= 15 is 0 Å². The largest absolute Gasteiger partial charge is 0.496 e. The van der Waals surface area contributed by atoms with Crippen molar-refractivity contribution in [3.63, 3.8) is 0 Å². The van der Waals surface area contributed by atoms with Gasteiger partial charge in [-0.25, -0.2) is 0 Å². The number of nitrogens with one attached hydrogen (secondary N) is 1. The molecule has 2 rings (SSSR count). The second-order valence-corrected chi connectivity index (χ2v) is 5.65. The Labute approximate surface area is 141 Å². The van der Waals surface area contributed by atoms with Crippen LogP contribution in [-0.2, 0) is 17.8 Å². The molecule has 122 valence electrons. The number of benzene rings is 2. The summed E-state index contributed by atoms with van der Waals surface area (Å²) in [6, 6.07) is 12.9. The molecule has 0 heterocycles. The Kier molecular flexibility index (Phi) is 6.44. The van der Waals surface area contributed by atoms with Gasteiger partial charge in [-0.1, -0.05) is 23.7 Å². The normalized spacial score (nSPS) is 10.4. The lowest BCUT2D eigenvalue weighted by atomic mass is 10.1. The summed E-state index contributed by atoms with van der Waals surface area (Å²) in [5.41, 5.74) is 2.46. The van der Waals surface area contributed by atoms with E-state index in [4.69, 9.17) is 16.3 Å². The van der Waals surface area contributed by atoms with Crippen molar-refractivity contribution in [3.8, 4) is 5.75 Å². The lowest BCUT2D eigenvalue weighted by Gasteiger charge is -2.10. The molecule has 0 saturated heterocycles. The first kappa shape index (κ1) is 17.3. The molecule has 0 atom stereocenters. The van der Waals surface area contributed by atoms with Crippen molar-refractivity contribution in [2.24, 2.45) is 0 Å². The molecule has 0 aliphatic carbocycles. The first-order valence-corrected chi connectivity index (χ1v) is 7.82. The fraction of sp³-hybridized carbons (Fsp3) is 0.278. The number of hydrogen-bond donors (Lipinski definition) is 2. The van der Waals surface area contributed by atoms with Crippen molar-refractivity contribution in [2.75, 3.05) is 12.4 Å². The maximum atomic E-state index is 12.0. The van der Waals surface area contributed by atoms with Gasteiger partial charge in [0.2, 0.25) is 5.91 Å². The maximum absolute atomic E-state index is 12.0. The Bertz CT molecular complexity index is 656. The number of aliphatic hydroxyl groups is 1. The number of aryl methyl sites for hydroxylation is 1. The zero-order valence-electron chi connectivity index (χ0n) is 13.0. The van der Waals surface area contributed by atoms with Gasteiger partial charge in [-0.15, -0.1) is 0 Å². The molecule has 1 amide bonds. The lowest BCUT2D eigenvalue weighted by Crippen LogP contribution is -2.11. The van der Waals surface area contributed by atoms with Crippen LogP contribution in [0.25, 0.3) is 0 Å². The van der Waals surface area contributed by atoms with Gasteiger partial charge in [0.1, 0.15) is 5.75 Å². The van der Waals surface area contributed by atoms with Crippen molar-refractivity contribution in [2.45, 2.75) is 25.9 Å². The van der Waals surface area contributed by atoms with Crippen LogP contribution in [0.2, 0.25) is 5.02 Å². The number of carbonyl (C=O) groups excluding carboxylic acids is 1. The van der Waals surface area contributed by atoms with Crippen LogP contribution in [0, 0.1) is 0 Å². The highest BCUT2D eigenvalue weighted by molar-refractivity contribution is 6.30. The summed E-state index contributed by atoms with van der Waals surface area (Å²) >= 11 is 5.84. The molecule has 0 bridgehead atoms. The zero-order chi connectivity index (χ0) is 16.7. The number of halogens is 1.